The van der Waals surface area contributed by atoms with Crippen LogP contribution in [0.1, 0.15) is 290 Å². The number of carbonyl (C=O) groups excluding carboxylic acids is 3. The molecule has 324 valence electrons. The van der Waals surface area contributed by atoms with Gasteiger partial charge in [-0.2, -0.15) is 0 Å². The molecule has 0 saturated carbocycles. The third-order valence-corrected chi connectivity index (χ3v) is 10.5. The molecule has 0 aromatic rings. The summed E-state index contributed by atoms with van der Waals surface area (Å²) in [5.74, 6) is -2.72. The van der Waals surface area contributed by atoms with Gasteiger partial charge in [-0.05, 0) is 38.5 Å². The molecule has 0 heterocycles. The third-order valence-electron chi connectivity index (χ3n) is 10.5. The number of rotatable bonds is 42. The van der Waals surface area contributed by atoms with E-state index in [-0.39, 0.29) is 130 Å². The van der Waals surface area contributed by atoms with Crippen LogP contribution in [-0.4, -0.2) is 17.9 Å². The average molecular weight is 851 g/mol. The second-order valence-electron chi connectivity index (χ2n) is 16.1. The molecule has 0 N–H and O–H groups in total. The Kier molecular flexibility index (Phi) is 83.3. The minimum Gasteiger partial charge on any atom is -0.550 e. The van der Waals surface area contributed by atoms with Crippen LogP contribution in [-0.2, 0) is 14.4 Å². The van der Waals surface area contributed by atoms with Crippen molar-refractivity contribution in [3.05, 3.63) is 0 Å². The summed E-state index contributed by atoms with van der Waals surface area (Å²) >= 11 is 0. The molecule has 0 saturated heterocycles. The molecule has 0 atom stereocenters. The van der Waals surface area contributed by atoms with E-state index in [0.717, 1.165) is 38.5 Å². The van der Waals surface area contributed by atoms with Gasteiger partial charge in [0.25, 0.3) is 0 Å². The van der Waals surface area contributed by atoms with Crippen LogP contribution in [0.15, 0.2) is 0 Å². The Hall–Kier alpha value is 2.05. The van der Waals surface area contributed by atoms with Crippen molar-refractivity contribution in [2.45, 2.75) is 290 Å². The number of hydrogen-bond acceptors (Lipinski definition) is 6. The molecule has 0 aliphatic carbocycles. The van der Waals surface area contributed by atoms with Gasteiger partial charge >= 0.3 is 110 Å². The summed E-state index contributed by atoms with van der Waals surface area (Å²) in [4.78, 5) is 30.5. The monoisotopic (exact) mass is 851 g/mol. The fourth-order valence-electron chi connectivity index (χ4n) is 6.86. The second kappa shape index (κ2) is 67.1. The van der Waals surface area contributed by atoms with Gasteiger partial charge in [0, 0.05) is 17.9 Å². The first-order valence-electron chi connectivity index (χ1n) is 23.9. The van der Waals surface area contributed by atoms with Crippen molar-refractivity contribution >= 4 is 17.9 Å². The Labute approximate surface area is 443 Å². The van der Waals surface area contributed by atoms with Gasteiger partial charge in [0.05, 0.1) is 0 Å². The van der Waals surface area contributed by atoms with E-state index in [4.69, 9.17) is 0 Å². The Balaban J connectivity index is -0.000000169. The standard InChI is InChI=1S/2C18H36O2.C12H24O2.K.2Na/c2*1-2-3-4-5-6-7-8-9-10-11-12-13-14-15-16-17-18(19)20;1-2-3-4-5-6-7-8-9-10-11-12(13)14;;;/h2*2-17H2,1H3,(H,19,20);2-11H2,1H3,(H,13,14);;;/q;;;3*+1/p-3. The molecule has 0 aliphatic heterocycles. The van der Waals surface area contributed by atoms with Gasteiger partial charge in [-0.3, -0.25) is 0 Å². The van der Waals surface area contributed by atoms with Crippen LogP contribution in [0.2, 0.25) is 0 Å². The molecule has 0 aliphatic rings. The van der Waals surface area contributed by atoms with Gasteiger partial charge in [-0.25, -0.2) is 0 Å². The Morgan fingerprint density at radius 1 is 0.246 bits per heavy atom. The molecule has 0 aromatic carbocycles. The average Bonchev–Trinajstić information content (AvgIpc) is 3.14. The minimum absolute atomic E-state index is 0. The minimum atomic E-state index is -0.909. The van der Waals surface area contributed by atoms with E-state index in [1.54, 1.807) is 0 Å². The molecule has 57 heavy (non-hydrogen) atoms. The number of carboxylic acids is 3. The molecule has 0 amide bonds. The van der Waals surface area contributed by atoms with E-state index in [9.17, 15) is 29.7 Å². The summed E-state index contributed by atoms with van der Waals surface area (Å²) in [5, 5.41) is 30.5. The number of aliphatic carboxylic acids is 3. The van der Waals surface area contributed by atoms with Crippen molar-refractivity contribution in [1.29, 1.82) is 0 Å². The van der Waals surface area contributed by atoms with E-state index in [1.165, 1.54) is 212 Å². The predicted molar refractivity (Wildman–Crippen MR) is 226 cm³/mol. The topological polar surface area (TPSA) is 120 Å². The maximum absolute atomic E-state index is 10.2. The van der Waals surface area contributed by atoms with Crippen molar-refractivity contribution in [3.63, 3.8) is 0 Å². The maximum Gasteiger partial charge on any atom is 1.00 e. The number of carboxylic acid groups (broad SMARTS) is 3. The molecule has 9 heteroatoms. The molecule has 0 fully saturated rings. The number of hydrogen-bond donors (Lipinski definition) is 0. The Bertz CT molecular complexity index is 700. The fourth-order valence-corrected chi connectivity index (χ4v) is 6.86. The van der Waals surface area contributed by atoms with Crippen LogP contribution >= 0.6 is 0 Å². The largest absolute Gasteiger partial charge is 1.00 e. The third kappa shape index (κ3) is 82.4. The van der Waals surface area contributed by atoms with Gasteiger partial charge in [0.15, 0.2) is 0 Å². The summed E-state index contributed by atoms with van der Waals surface area (Å²) in [6.07, 6.45) is 50.9. The van der Waals surface area contributed by atoms with Crippen molar-refractivity contribution < 1.29 is 140 Å². The van der Waals surface area contributed by atoms with Crippen LogP contribution in [0.3, 0.4) is 0 Å². The van der Waals surface area contributed by atoms with Gasteiger partial charge in [-0.1, -0.05) is 252 Å². The van der Waals surface area contributed by atoms with E-state index in [2.05, 4.69) is 20.8 Å². The smallest absolute Gasteiger partial charge is 0.550 e. The molecule has 0 unspecified atom stereocenters. The molecule has 0 aromatic heterocycles. The zero-order valence-electron chi connectivity index (χ0n) is 39.6. The molecule has 6 nitrogen and oxygen atoms in total. The summed E-state index contributed by atoms with van der Waals surface area (Å²) in [7, 11) is 0. The fraction of sp³-hybridized carbons (Fsp3) is 0.938. The quantitative estimate of drug-likeness (QED) is 0.0684. The van der Waals surface area contributed by atoms with E-state index < -0.39 is 17.9 Å². The first-order chi connectivity index (χ1) is 26.3. The van der Waals surface area contributed by atoms with Crippen molar-refractivity contribution in [2.75, 3.05) is 0 Å². The van der Waals surface area contributed by atoms with Crippen LogP contribution in [0.5, 0.6) is 0 Å². The summed E-state index contributed by atoms with van der Waals surface area (Å²) in [6.45, 7) is 6.76. The zero-order chi connectivity index (χ0) is 40.4. The van der Waals surface area contributed by atoms with Crippen LogP contribution in [0, 0.1) is 0 Å². The van der Waals surface area contributed by atoms with E-state index in [0.29, 0.717) is 0 Å². The molecule has 0 rings (SSSR count). The van der Waals surface area contributed by atoms with Crippen molar-refractivity contribution in [1.82, 2.24) is 0 Å². The van der Waals surface area contributed by atoms with Crippen LogP contribution < -0.4 is 126 Å². The van der Waals surface area contributed by atoms with E-state index in [1.807, 2.05) is 0 Å². The van der Waals surface area contributed by atoms with Gasteiger partial charge in [-0.15, -0.1) is 0 Å². The van der Waals surface area contributed by atoms with Crippen LogP contribution in [0.25, 0.3) is 0 Å². The molecule has 0 spiro atoms. The first kappa shape index (κ1) is 70.7. The zero-order valence-corrected chi connectivity index (χ0v) is 46.8. The van der Waals surface area contributed by atoms with Crippen LogP contribution in [0.4, 0.5) is 0 Å². The van der Waals surface area contributed by atoms with Crippen molar-refractivity contribution in [2.24, 2.45) is 0 Å². The molecular formula is C48H93KNa2O6. The predicted octanol–water partition coefficient (Wildman–Crippen LogP) is 3.66. The molecular weight excluding hydrogens is 758 g/mol. The second-order valence-corrected chi connectivity index (χ2v) is 16.1. The summed E-state index contributed by atoms with van der Waals surface area (Å²) < 4.78 is 0. The van der Waals surface area contributed by atoms with Gasteiger partial charge < -0.3 is 29.7 Å². The molecule has 0 bridgehead atoms. The number of unbranched alkanes of at least 4 members (excludes halogenated alkanes) is 36. The SMILES string of the molecule is CCCCCCCCCCCC(=O)[O-].CCCCCCCCCCCCCCCCCC(=O)[O-].CCCCCCCCCCCCCCCCCC(=O)[O-].[K+].[Na+].[Na+]. The maximum atomic E-state index is 10.2. The van der Waals surface area contributed by atoms with Gasteiger partial charge in [0.2, 0.25) is 0 Å². The summed E-state index contributed by atoms with van der Waals surface area (Å²) in [6, 6.07) is 0. The Morgan fingerprint density at radius 3 is 0.456 bits per heavy atom. The van der Waals surface area contributed by atoms with E-state index >= 15 is 0 Å². The molecule has 0 radical (unpaired) electrons. The van der Waals surface area contributed by atoms with Crippen molar-refractivity contribution in [3.8, 4) is 0 Å². The number of carbonyl (C=O) groups is 3. The first-order valence-corrected chi connectivity index (χ1v) is 23.9. The normalized spacial score (nSPS) is 10.2. The Morgan fingerprint density at radius 2 is 0.351 bits per heavy atom. The van der Waals surface area contributed by atoms with Gasteiger partial charge in [0.1, 0.15) is 0 Å². The summed E-state index contributed by atoms with van der Waals surface area (Å²) in [5.41, 5.74) is 0.